The van der Waals surface area contributed by atoms with E-state index in [4.69, 9.17) is 4.74 Å². The molecule has 0 spiro atoms. The summed E-state index contributed by atoms with van der Waals surface area (Å²) in [5.74, 6) is 1.32. The Hall–Kier alpha value is -3.02. The first-order chi connectivity index (χ1) is 11.7. The van der Waals surface area contributed by atoms with E-state index in [2.05, 4.69) is 20.3 Å². The number of nitrogens with one attached hydrogen (secondary N) is 1. The second-order valence-corrected chi connectivity index (χ2v) is 5.23. The van der Waals surface area contributed by atoms with Crippen LogP contribution in [0.15, 0.2) is 54.9 Å². The van der Waals surface area contributed by atoms with Crippen LogP contribution in [0.4, 0.5) is 10.3 Å². The van der Waals surface area contributed by atoms with Gasteiger partial charge in [0.25, 0.3) is 0 Å². The molecule has 1 aromatic carbocycles. The van der Waals surface area contributed by atoms with Gasteiger partial charge in [0.2, 0.25) is 11.8 Å². The number of aryl methyl sites for hydroxylation is 1. The van der Waals surface area contributed by atoms with E-state index in [-0.39, 0.29) is 5.82 Å². The molecule has 3 aromatic rings. The van der Waals surface area contributed by atoms with Gasteiger partial charge in [0.05, 0.1) is 6.20 Å². The van der Waals surface area contributed by atoms with Crippen molar-refractivity contribution < 1.29 is 9.13 Å². The molecule has 0 atom stereocenters. The quantitative estimate of drug-likeness (QED) is 0.748. The second kappa shape index (κ2) is 7.50. The molecule has 0 aliphatic heterocycles. The van der Waals surface area contributed by atoms with Crippen molar-refractivity contribution in [2.45, 2.75) is 13.3 Å². The van der Waals surface area contributed by atoms with Gasteiger partial charge >= 0.3 is 0 Å². The summed E-state index contributed by atoms with van der Waals surface area (Å²) in [4.78, 5) is 12.4. The van der Waals surface area contributed by atoms with Crippen LogP contribution in [0.2, 0.25) is 0 Å². The maximum Gasteiger partial charge on any atom is 0.226 e. The molecule has 0 unspecified atom stereocenters. The summed E-state index contributed by atoms with van der Waals surface area (Å²) < 4.78 is 19.3. The molecule has 5 nitrogen and oxygen atoms in total. The lowest BCUT2D eigenvalue weighted by Crippen LogP contribution is -2.10. The summed E-state index contributed by atoms with van der Waals surface area (Å²) in [7, 11) is 0. The van der Waals surface area contributed by atoms with Crippen LogP contribution in [0.25, 0.3) is 0 Å². The average molecular weight is 324 g/mol. The van der Waals surface area contributed by atoms with Crippen molar-refractivity contribution in [3.8, 4) is 11.6 Å². The van der Waals surface area contributed by atoms with Gasteiger partial charge in [-0.1, -0.05) is 18.2 Å². The lowest BCUT2D eigenvalue weighted by Gasteiger charge is -2.09. The lowest BCUT2D eigenvalue weighted by atomic mass is 10.2. The van der Waals surface area contributed by atoms with Crippen molar-refractivity contribution in [1.29, 1.82) is 0 Å². The molecule has 0 aliphatic carbocycles. The van der Waals surface area contributed by atoms with Crippen molar-refractivity contribution in [3.05, 3.63) is 71.9 Å². The normalized spacial score (nSPS) is 10.4. The summed E-state index contributed by atoms with van der Waals surface area (Å²) in [5, 5.41) is 3.10. The highest BCUT2D eigenvalue weighted by Gasteiger charge is 2.06. The Balaban J connectivity index is 1.64. The molecule has 122 valence electrons. The Morgan fingerprint density at radius 3 is 2.75 bits per heavy atom. The minimum Gasteiger partial charge on any atom is -0.439 e. The highest BCUT2D eigenvalue weighted by Crippen LogP contribution is 2.20. The number of rotatable bonds is 6. The van der Waals surface area contributed by atoms with Gasteiger partial charge in [-0.2, -0.15) is 4.98 Å². The fourth-order valence-corrected chi connectivity index (χ4v) is 2.20. The van der Waals surface area contributed by atoms with E-state index in [0.29, 0.717) is 36.1 Å². The number of ether oxygens (including phenoxy) is 1. The minimum absolute atomic E-state index is 0.308. The number of hydrogen-bond donors (Lipinski definition) is 1. The SMILES string of the molecule is Cc1cc(Oc2ccccc2)nc(NCCc2ccncc2F)n1. The van der Waals surface area contributed by atoms with Crippen LogP contribution in [-0.4, -0.2) is 21.5 Å². The Bertz CT molecular complexity index is 811. The zero-order chi connectivity index (χ0) is 16.8. The van der Waals surface area contributed by atoms with E-state index >= 15 is 0 Å². The third-order valence-electron chi connectivity index (χ3n) is 3.33. The Morgan fingerprint density at radius 1 is 1.12 bits per heavy atom. The Kier molecular flexibility index (Phi) is 4.96. The standard InChI is InChI=1S/C18H17FN4O/c1-13-11-17(24-15-5-3-2-4-6-15)23-18(22-13)21-10-8-14-7-9-20-12-16(14)19/h2-7,9,11-12H,8,10H2,1H3,(H,21,22,23). The van der Waals surface area contributed by atoms with E-state index in [1.165, 1.54) is 6.20 Å². The largest absolute Gasteiger partial charge is 0.439 e. The number of pyridine rings is 1. The number of nitrogens with zero attached hydrogens (tertiary/aromatic N) is 3. The molecule has 0 bridgehead atoms. The highest BCUT2D eigenvalue weighted by atomic mass is 19.1. The van der Waals surface area contributed by atoms with Gasteiger partial charge in [0.15, 0.2) is 0 Å². The fourth-order valence-electron chi connectivity index (χ4n) is 2.20. The topological polar surface area (TPSA) is 59.9 Å². The smallest absolute Gasteiger partial charge is 0.226 e. The number of aromatic nitrogens is 3. The summed E-state index contributed by atoms with van der Waals surface area (Å²) in [6.45, 7) is 2.38. The molecule has 6 heteroatoms. The molecule has 0 saturated carbocycles. The summed E-state index contributed by atoms with van der Waals surface area (Å²) in [6, 6.07) is 12.9. The number of para-hydroxylation sites is 1. The average Bonchev–Trinajstić information content (AvgIpc) is 2.57. The minimum atomic E-state index is -0.308. The van der Waals surface area contributed by atoms with Crippen LogP contribution in [0.1, 0.15) is 11.3 Å². The third-order valence-corrected chi connectivity index (χ3v) is 3.33. The lowest BCUT2D eigenvalue weighted by molar-refractivity contribution is 0.461. The number of hydrogen-bond acceptors (Lipinski definition) is 5. The molecule has 0 radical (unpaired) electrons. The highest BCUT2D eigenvalue weighted by molar-refractivity contribution is 5.34. The predicted molar refractivity (Wildman–Crippen MR) is 89.7 cm³/mol. The molecule has 2 heterocycles. The third kappa shape index (κ3) is 4.25. The fraction of sp³-hybridized carbons (Fsp3) is 0.167. The number of halogens is 1. The van der Waals surface area contributed by atoms with Gasteiger partial charge < -0.3 is 10.1 Å². The maximum atomic E-state index is 13.5. The van der Waals surface area contributed by atoms with Crippen LogP contribution < -0.4 is 10.1 Å². The zero-order valence-corrected chi connectivity index (χ0v) is 13.2. The number of benzene rings is 1. The molecule has 0 aliphatic rings. The molecular weight excluding hydrogens is 307 g/mol. The molecule has 2 aromatic heterocycles. The molecule has 0 amide bonds. The first kappa shape index (κ1) is 15.9. The van der Waals surface area contributed by atoms with E-state index in [0.717, 1.165) is 5.69 Å². The summed E-state index contributed by atoms with van der Waals surface area (Å²) in [5.41, 5.74) is 1.39. The summed E-state index contributed by atoms with van der Waals surface area (Å²) >= 11 is 0. The maximum absolute atomic E-state index is 13.5. The Morgan fingerprint density at radius 2 is 1.96 bits per heavy atom. The molecule has 1 N–H and O–H groups in total. The van der Waals surface area contributed by atoms with Gasteiger partial charge in [-0.15, -0.1) is 0 Å². The zero-order valence-electron chi connectivity index (χ0n) is 13.2. The molecule has 0 saturated heterocycles. The van der Waals surface area contributed by atoms with Crippen molar-refractivity contribution in [3.63, 3.8) is 0 Å². The van der Waals surface area contributed by atoms with Gasteiger partial charge in [-0.25, -0.2) is 9.37 Å². The van der Waals surface area contributed by atoms with Crippen molar-refractivity contribution >= 4 is 5.95 Å². The first-order valence-corrected chi connectivity index (χ1v) is 7.61. The number of anilines is 1. The summed E-state index contributed by atoms with van der Waals surface area (Å²) in [6.07, 6.45) is 3.30. The van der Waals surface area contributed by atoms with E-state index in [1.807, 2.05) is 37.3 Å². The van der Waals surface area contributed by atoms with Crippen molar-refractivity contribution in [1.82, 2.24) is 15.0 Å². The van der Waals surface area contributed by atoms with Gasteiger partial charge in [0, 0.05) is 24.5 Å². The van der Waals surface area contributed by atoms with Crippen molar-refractivity contribution in [2.75, 3.05) is 11.9 Å². The van der Waals surface area contributed by atoms with Crippen molar-refractivity contribution in [2.24, 2.45) is 0 Å². The van der Waals surface area contributed by atoms with Gasteiger partial charge in [0.1, 0.15) is 11.6 Å². The predicted octanol–water partition coefficient (Wildman–Crippen LogP) is 3.77. The molecule has 24 heavy (non-hydrogen) atoms. The van der Waals surface area contributed by atoms with Gasteiger partial charge in [-0.05, 0) is 37.1 Å². The molecule has 0 fully saturated rings. The van der Waals surface area contributed by atoms with Crippen LogP contribution in [0.3, 0.4) is 0 Å². The van der Waals surface area contributed by atoms with Crippen LogP contribution in [-0.2, 0) is 6.42 Å². The first-order valence-electron chi connectivity index (χ1n) is 7.61. The van der Waals surface area contributed by atoms with E-state index < -0.39 is 0 Å². The van der Waals surface area contributed by atoms with E-state index in [9.17, 15) is 4.39 Å². The van der Waals surface area contributed by atoms with Crippen LogP contribution in [0, 0.1) is 12.7 Å². The van der Waals surface area contributed by atoms with Gasteiger partial charge in [-0.3, -0.25) is 4.98 Å². The monoisotopic (exact) mass is 324 g/mol. The van der Waals surface area contributed by atoms with Crippen LogP contribution >= 0.6 is 0 Å². The molecular formula is C18H17FN4O. The van der Waals surface area contributed by atoms with E-state index in [1.54, 1.807) is 18.3 Å². The second-order valence-electron chi connectivity index (χ2n) is 5.23. The Labute approximate surface area is 139 Å². The molecule has 3 rings (SSSR count). The van der Waals surface area contributed by atoms with Crippen LogP contribution in [0.5, 0.6) is 11.6 Å².